The van der Waals surface area contributed by atoms with Crippen molar-refractivity contribution in [2.45, 2.75) is 61.4 Å². The monoisotopic (exact) mass is 273 g/mol. The molecule has 1 unspecified atom stereocenters. The number of carbonyl (C=O) groups is 1. The van der Waals surface area contributed by atoms with E-state index in [1.165, 1.54) is 7.11 Å². The van der Waals surface area contributed by atoms with Crippen LogP contribution in [0.1, 0.15) is 55.4 Å². The third-order valence-electron chi connectivity index (χ3n) is 1.82. The average molecular weight is 273 g/mol. The minimum atomic E-state index is -0.368. The molecular weight excluding hydrogens is 238 g/mol. The van der Waals surface area contributed by atoms with Crippen LogP contribution in [0.2, 0.25) is 0 Å². The number of terminal acetylenes is 1. The lowest BCUT2D eigenvalue weighted by atomic mass is 9.88. The van der Waals surface area contributed by atoms with Crippen LogP contribution in [0.25, 0.3) is 0 Å². The molecule has 116 valence electrons. The third kappa shape index (κ3) is 31.5. The Balaban J connectivity index is -0.0000000693. The molecule has 0 aliphatic heterocycles. The summed E-state index contributed by atoms with van der Waals surface area (Å²) in [5.41, 5.74) is 0.0776. The van der Waals surface area contributed by atoms with Gasteiger partial charge in [0, 0.05) is 6.04 Å². The maximum Gasteiger partial charge on any atom is 0.407 e. The molecular formula is C16H35NO2. The molecule has 0 saturated heterocycles. The number of methoxy groups -OCH3 is 1. The van der Waals surface area contributed by atoms with Crippen molar-refractivity contribution in [2.24, 2.45) is 5.41 Å². The summed E-state index contributed by atoms with van der Waals surface area (Å²) in [6.45, 7) is 22.1. The van der Waals surface area contributed by atoms with Crippen LogP contribution in [0.3, 0.4) is 0 Å². The first-order valence-corrected chi connectivity index (χ1v) is 6.55. The fraction of sp³-hybridized carbons (Fsp3) is 0.688. The first-order valence-electron chi connectivity index (χ1n) is 6.55. The highest BCUT2D eigenvalue weighted by Gasteiger charge is 2.21. The van der Waals surface area contributed by atoms with Gasteiger partial charge in [-0.15, -0.1) is 26.0 Å². The fourth-order valence-electron chi connectivity index (χ4n) is 0.452. The smallest absolute Gasteiger partial charge is 0.407 e. The van der Waals surface area contributed by atoms with Gasteiger partial charge in [0.25, 0.3) is 0 Å². The average Bonchev–Trinajstić information content (AvgIpc) is 2.46. The SMILES string of the molecule is C#C.C=C.CC.CC.COC(=O)NC(C)C(C)(C)C. The molecule has 1 N–H and O–H groups in total. The van der Waals surface area contributed by atoms with E-state index in [0.717, 1.165) is 0 Å². The number of rotatable bonds is 1. The summed E-state index contributed by atoms with van der Waals surface area (Å²) in [5.74, 6) is 0. The van der Waals surface area contributed by atoms with Crippen LogP contribution in [-0.2, 0) is 4.74 Å². The quantitative estimate of drug-likeness (QED) is 0.546. The van der Waals surface area contributed by atoms with E-state index >= 15 is 0 Å². The summed E-state index contributed by atoms with van der Waals surface area (Å²) in [7, 11) is 1.37. The first-order chi connectivity index (χ1) is 8.88. The van der Waals surface area contributed by atoms with Crippen LogP contribution in [-0.4, -0.2) is 19.2 Å². The minimum absolute atomic E-state index is 0.0776. The van der Waals surface area contributed by atoms with E-state index in [2.05, 4.69) is 56.8 Å². The molecule has 0 rings (SSSR count). The standard InChI is InChI=1S/C8H17NO2.2C2H6.C2H4.C2H2/c1-6(8(2,3)4)9-7(10)11-5;4*1-2/h6H,1-5H3,(H,9,10);2*1-2H3;1-2H2;1-2H. The van der Waals surface area contributed by atoms with E-state index in [1.807, 2.05) is 34.6 Å². The lowest BCUT2D eigenvalue weighted by Gasteiger charge is -2.27. The van der Waals surface area contributed by atoms with Crippen LogP contribution in [0, 0.1) is 18.3 Å². The summed E-state index contributed by atoms with van der Waals surface area (Å²) in [6, 6.07) is 0.120. The molecule has 0 radical (unpaired) electrons. The minimum Gasteiger partial charge on any atom is -0.453 e. The fourth-order valence-corrected chi connectivity index (χ4v) is 0.452. The van der Waals surface area contributed by atoms with Crippen LogP contribution >= 0.6 is 0 Å². The van der Waals surface area contributed by atoms with Gasteiger partial charge in [0.15, 0.2) is 0 Å². The molecule has 0 heterocycles. The zero-order chi connectivity index (χ0) is 17.1. The van der Waals surface area contributed by atoms with Gasteiger partial charge < -0.3 is 10.1 Å². The number of hydrogen-bond donors (Lipinski definition) is 1. The Morgan fingerprint density at radius 2 is 1.37 bits per heavy atom. The topological polar surface area (TPSA) is 38.3 Å². The molecule has 0 aliphatic carbocycles. The van der Waals surface area contributed by atoms with Gasteiger partial charge in [0.05, 0.1) is 7.11 Å². The Morgan fingerprint density at radius 3 is 1.53 bits per heavy atom. The van der Waals surface area contributed by atoms with Gasteiger partial charge in [-0.2, -0.15) is 0 Å². The van der Waals surface area contributed by atoms with Crippen LogP contribution in [0.15, 0.2) is 13.2 Å². The Hall–Kier alpha value is -1.43. The van der Waals surface area contributed by atoms with Gasteiger partial charge in [-0.25, -0.2) is 4.79 Å². The van der Waals surface area contributed by atoms with Crippen LogP contribution in [0.4, 0.5) is 4.79 Å². The second kappa shape index (κ2) is 25.4. The molecule has 0 fully saturated rings. The second-order valence-electron chi connectivity index (χ2n) is 3.72. The van der Waals surface area contributed by atoms with Crippen molar-refractivity contribution in [1.82, 2.24) is 5.32 Å². The van der Waals surface area contributed by atoms with Crippen LogP contribution in [0.5, 0.6) is 0 Å². The van der Waals surface area contributed by atoms with E-state index in [4.69, 9.17) is 0 Å². The summed E-state index contributed by atoms with van der Waals surface area (Å²) in [4.78, 5) is 10.7. The number of carbonyl (C=O) groups excluding carboxylic acids is 1. The van der Waals surface area contributed by atoms with Gasteiger partial charge >= 0.3 is 6.09 Å². The molecule has 0 saturated carbocycles. The van der Waals surface area contributed by atoms with Crippen molar-refractivity contribution >= 4 is 6.09 Å². The Labute approximate surface area is 121 Å². The van der Waals surface area contributed by atoms with Crippen molar-refractivity contribution in [2.75, 3.05) is 7.11 Å². The molecule has 1 amide bonds. The number of nitrogens with one attached hydrogen (secondary N) is 1. The highest BCUT2D eigenvalue weighted by molar-refractivity contribution is 5.67. The van der Waals surface area contributed by atoms with E-state index in [0.29, 0.717) is 0 Å². The van der Waals surface area contributed by atoms with Gasteiger partial charge in [0.1, 0.15) is 0 Å². The van der Waals surface area contributed by atoms with Gasteiger partial charge in [-0.05, 0) is 12.3 Å². The van der Waals surface area contributed by atoms with Crippen molar-refractivity contribution < 1.29 is 9.53 Å². The molecule has 3 nitrogen and oxygen atoms in total. The predicted octanol–water partition coefficient (Wildman–Crippen LogP) is 4.88. The zero-order valence-electron chi connectivity index (χ0n) is 14.5. The lowest BCUT2D eigenvalue weighted by molar-refractivity contribution is 0.156. The lowest BCUT2D eigenvalue weighted by Crippen LogP contribution is -2.41. The molecule has 0 aromatic rings. The normalized spacial score (nSPS) is 9.00. The summed E-state index contributed by atoms with van der Waals surface area (Å²) in [5, 5.41) is 2.71. The Kier molecular flexibility index (Phi) is 40.9. The zero-order valence-corrected chi connectivity index (χ0v) is 14.5. The molecule has 0 aromatic carbocycles. The van der Waals surface area contributed by atoms with Gasteiger partial charge in [-0.1, -0.05) is 48.5 Å². The summed E-state index contributed by atoms with van der Waals surface area (Å²) in [6.07, 6.45) is 7.63. The molecule has 19 heavy (non-hydrogen) atoms. The highest BCUT2D eigenvalue weighted by atomic mass is 16.5. The van der Waals surface area contributed by atoms with Crippen molar-refractivity contribution in [3.63, 3.8) is 0 Å². The first kappa shape index (κ1) is 30.5. The predicted molar refractivity (Wildman–Crippen MR) is 88.3 cm³/mol. The van der Waals surface area contributed by atoms with Crippen molar-refractivity contribution in [3.8, 4) is 12.8 Å². The van der Waals surface area contributed by atoms with Crippen LogP contribution < -0.4 is 5.32 Å². The van der Waals surface area contributed by atoms with E-state index in [-0.39, 0.29) is 17.6 Å². The summed E-state index contributed by atoms with van der Waals surface area (Å²) >= 11 is 0. The molecule has 0 aliphatic rings. The van der Waals surface area contributed by atoms with Crippen molar-refractivity contribution in [3.05, 3.63) is 13.2 Å². The summed E-state index contributed by atoms with van der Waals surface area (Å²) < 4.78 is 4.47. The second-order valence-corrected chi connectivity index (χ2v) is 3.72. The van der Waals surface area contributed by atoms with E-state index < -0.39 is 0 Å². The van der Waals surface area contributed by atoms with E-state index in [9.17, 15) is 4.79 Å². The Bertz CT molecular complexity index is 181. The van der Waals surface area contributed by atoms with Crippen molar-refractivity contribution in [1.29, 1.82) is 0 Å². The maximum absolute atomic E-state index is 10.7. The molecule has 0 spiro atoms. The number of hydrogen-bond acceptors (Lipinski definition) is 2. The number of amides is 1. The van der Waals surface area contributed by atoms with Gasteiger partial charge in [-0.3, -0.25) is 0 Å². The van der Waals surface area contributed by atoms with Gasteiger partial charge in [0.2, 0.25) is 0 Å². The molecule has 0 aromatic heterocycles. The highest BCUT2D eigenvalue weighted by Crippen LogP contribution is 2.18. The number of alkyl carbamates (subject to hydrolysis) is 1. The maximum atomic E-state index is 10.7. The molecule has 3 heteroatoms. The third-order valence-corrected chi connectivity index (χ3v) is 1.82. The molecule has 1 atom stereocenters. The van der Waals surface area contributed by atoms with E-state index in [1.54, 1.807) is 0 Å². The number of ether oxygens (including phenoxy) is 1. The largest absolute Gasteiger partial charge is 0.453 e. The Morgan fingerprint density at radius 1 is 1.11 bits per heavy atom. The molecule has 0 bridgehead atoms.